The summed E-state index contributed by atoms with van der Waals surface area (Å²) in [7, 11) is 0. The lowest BCUT2D eigenvalue weighted by Crippen LogP contribution is -1.89. The second kappa shape index (κ2) is 3.83. The molecule has 0 saturated carbocycles. The highest BCUT2D eigenvalue weighted by Crippen LogP contribution is 2.24. The Morgan fingerprint density at radius 1 is 1.12 bits per heavy atom. The fourth-order valence-electron chi connectivity index (χ4n) is 1.62. The molecular formula is C13H8N2O2. The molecule has 4 heteroatoms. The lowest BCUT2D eigenvalue weighted by molar-refractivity contribution is 0.112. The molecule has 0 atom stereocenters. The Labute approximate surface area is 96.9 Å². The molecule has 0 aliphatic carbocycles. The van der Waals surface area contributed by atoms with Crippen molar-refractivity contribution < 1.29 is 9.21 Å². The van der Waals surface area contributed by atoms with Gasteiger partial charge in [0, 0.05) is 17.8 Å². The van der Waals surface area contributed by atoms with Gasteiger partial charge in [0.2, 0.25) is 0 Å². The van der Waals surface area contributed by atoms with E-state index in [1.54, 1.807) is 0 Å². The summed E-state index contributed by atoms with van der Waals surface area (Å²) < 4.78 is 5.61. The summed E-state index contributed by atoms with van der Waals surface area (Å²) >= 11 is 0. The average Bonchev–Trinajstić information content (AvgIpc) is 2.82. The lowest BCUT2D eigenvalue weighted by Gasteiger charge is -1.93. The normalized spacial score (nSPS) is 10.6. The van der Waals surface area contributed by atoms with Gasteiger partial charge in [0.15, 0.2) is 17.9 Å². The monoisotopic (exact) mass is 224 g/mol. The summed E-state index contributed by atoms with van der Waals surface area (Å²) in [6.07, 6.45) is 3.66. The summed E-state index contributed by atoms with van der Waals surface area (Å²) in [6, 6.07) is 9.58. The third-order valence-electron chi connectivity index (χ3n) is 2.45. The molecule has 0 aliphatic rings. The van der Waals surface area contributed by atoms with Crippen LogP contribution in [0.5, 0.6) is 0 Å². The molecule has 0 aliphatic heterocycles. The highest BCUT2D eigenvalue weighted by atomic mass is 16.3. The van der Waals surface area contributed by atoms with E-state index in [2.05, 4.69) is 9.97 Å². The summed E-state index contributed by atoms with van der Waals surface area (Å²) in [6.45, 7) is 0. The zero-order chi connectivity index (χ0) is 11.7. The first kappa shape index (κ1) is 9.72. The van der Waals surface area contributed by atoms with Crippen molar-refractivity contribution in [2.45, 2.75) is 0 Å². The molecule has 0 fully saturated rings. The molecule has 2 aromatic heterocycles. The van der Waals surface area contributed by atoms with Gasteiger partial charge in [-0.05, 0) is 12.1 Å². The first-order chi connectivity index (χ1) is 8.36. The second-order valence-corrected chi connectivity index (χ2v) is 3.61. The first-order valence-electron chi connectivity index (χ1n) is 5.13. The molecule has 0 spiro atoms. The standard InChI is InChI=1S/C13H8N2O2/c16-8-9-6-14-13(15-7-9)12-5-10-3-1-2-4-11(10)17-12/h1-8H. The van der Waals surface area contributed by atoms with Crippen molar-refractivity contribution in [3.63, 3.8) is 0 Å². The Bertz CT molecular complexity index is 638. The number of carbonyl (C=O) groups excluding carboxylic acids is 1. The molecule has 2 heterocycles. The van der Waals surface area contributed by atoms with Gasteiger partial charge < -0.3 is 4.42 Å². The van der Waals surface area contributed by atoms with Crippen LogP contribution in [0.25, 0.3) is 22.6 Å². The number of aromatic nitrogens is 2. The van der Waals surface area contributed by atoms with E-state index in [0.29, 0.717) is 23.4 Å². The molecule has 17 heavy (non-hydrogen) atoms. The molecule has 0 bridgehead atoms. The summed E-state index contributed by atoms with van der Waals surface area (Å²) in [5.41, 5.74) is 1.25. The zero-order valence-electron chi connectivity index (χ0n) is 8.83. The lowest BCUT2D eigenvalue weighted by atomic mass is 10.2. The highest BCUT2D eigenvalue weighted by Gasteiger charge is 2.07. The highest BCUT2D eigenvalue weighted by molar-refractivity contribution is 5.81. The van der Waals surface area contributed by atoms with Crippen LogP contribution >= 0.6 is 0 Å². The average molecular weight is 224 g/mol. The van der Waals surface area contributed by atoms with Gasteiger partial charge in [-0.15, -0.1) is 0 Å². The maximum Gasteiger partial charge on any atom is 0.195 e. The molecular weight excluding hydrogens is 216 g/mol. The van der Waals surface area contributed by atoms with Gasteiger partial charge in [0.05, 0.1) is 5.56 Å². The third kappa shape index (κ3) is 1.69. The van der Waals surface area contributed by atoms with E-state index in [4.69, 9.17) is 4.42 Å². The molecule has 82 valence electrons. The fraction of sp³-hybridized carbons (Fsp3) is 0. The maximum atomic E-state index is 10.5. The molecule has 1 aromatic carbocycles. The summed E-state index contributed by atoms with van der Waals surface area (Å²) in [5.74, 6) is 1.08. The van der Waals surface area contributed by atoms with Gasteiger partial charge in [0.25, 0.3) is 0 Å². The van der Waals surface area contributed by atoms with Gasteiger partial charge in [0.1, 0.15) is 5.58 Å². The minimum absolute atomic E-state index is 0.449. The number of nitrogens with zero attached hydrogens (tertiary/aromatic N) is 2. The Morgan fingerprint density at radius 3 is 2.59 bits per heavy atom. The van der Waals surface area contributed by atoms with E-state index in [1.165, 1.54) is 12.4 Å². The first-order valence-corrected chi connectivity index (χ1v) is 5.13. The maximum absolute atomic E-state index is 10.5. The van der Waals surface area contributed by atoms with Gasteiger partial charge in [-0.25, -0.2) is 9.97 Å². The number of para-hydroxylation sites is 1. The van der Waals surface area contributed by atoms with E-state index >= 15 is 0 Å². The smallest absolute Gasteiger partial charge is 0.195 e. The fourth-order valence-corrected chi connectivity index (χ4v) is 1.62. The number of hydrogen-bond donors (Lipinski definition) is 0. The van der Waals surface area contributed by atoms with Gasteiger partial charge in [-0.2, -0.15) is 0 Å². The van der Waals surface area contributed by atoms with Crippen LogP contribution in [0.3, 0.4) is 0 Å². The molecule has 3 rings (SSSR count). The van der Waals surface area contributed by atoms with Crippen LogP contribution < -0.4 is 0 Å². The molecule has 0 amide bonds. The summed E-state index contributed by atoms with van der Waals surface area (Å²) in [4.78, 5) is 18.6. The predicted molar refractivity (Wildman–Crippen MR) is 62.6 cm³/mol. The van der Waals surface area contributed by atoms with Crippen LogP contribution in [-0.2, 0) is 0 Å². The number of aldehydes is 1. The van der Waals surface area contributed by atoms with E-state index in [1.807, 2.05) is 30.3 Å². The van der Waals surface area contributed by atoms with E-state index in [0.717, 1.165) is 11.0 Å². The number of carbonyl (C=O) groups is 1. The number of fused-ring (bicyclic) bond motifs is 1. The van der Waals surface area contributed by atoms with Crippen LogP contribution in [0.1, 0.15) is 10.4 Å². The third-order valence-corrected chi connectivity index (χ3v) is 2.45. The van der Waals surface area contributed by atoms with Gasteiger partial charge in [-0.1, -0.05) is 18.2 Å². The Balaban J connectivity index is 2.10. The molecule has 4 nitrogen and oxygen atoms in total. The Hall–Kier alpha value is -2.49. The molecule has 0 unspecified atom stereocenters. The molecule has 0 radical (unpaired) electrons. The largest absolute Gasteiger partial charge is 0.453 e. The van der Waals surface area contributed by atoms with Crippen LogP contribution in [0.15, 0.2) is 47.1 Å². The van der Waals surface area contributed by atoms with Crippen molar-refractivity contribution in [2.24, 2.45) is 0 Å². The quantitative estimate of drug-likeness (QED) is 0.628. The minimum Gasteiger partial charge on any atom is -0.453 e. The topological polar surface area (TPSA) is 56.0 Å². The van der Waals surface area contributed by atoms with Crippen molar-refractivity contribution in [3.05, 3.63) is 48.3 Å². The van der Waals surface area contributed by atoms with Crippen LogP contribution in [0.2, 0.25) is 0 Å². The van der Waals surface area contributed by atoms with E-state index in [9.17, 15) is 4.79 Å². The minimum atomic E-state index is 0.449. The van der Waals surface area contributed by atoms with Crippen LogP contribution in [-0.4, -0.2) is 16.3 Å². The second-order valence-electron chi connectivity index (χ2n) is 3.61. The SMILES string of the molecule is O=Cc1cnc(-c2cc3ccccc3o2)nc1. The number of rotatable bonds is 2. The van der Waals surface area contributed by atoms with Crippen molar-refractivity contribution in [1.29, 1.82) is 0 Å². The van der Waals surface area contributed by atoms with E-state index < -0.39 is 0 Å². The molecule has 0 N–H and O–H groups in total. The molecule has 3 aromatic rings. The van der Waals surface area contributed by atoms with Gasteiger partial charge in [-0.3, -0.25) is 4.79 Å². The van der Waals surface area contributed by atoms with Crippen molar-refractivity contribution in [1.82, 2.24) is 9.97 Å². The number of furan rings is 1. The Morgan fingerprint density at radius 2 is 1.88 bits per heavy atom. The van der Waals surface area contributed by atoms with Crippen molar-refractivity contribution in [2.75, 3.05) is 0 Å². The Kier molecular flexibility index (Phi) is 2.19. The zero-order valence-corrected chi connectivity index (χ0v) is 8.83. The van der Waals surface area contributed by atoms with Gasteiger partial charge >= 0.3 is 0 Å². The summed E-state index contributed by atoms with van der Waals surface area (Å²) in [5, 5.41) is 1.01. The van der Waals surface area contributed by atoms with Crippen molar-refractivity contribution in [3.8, 4) is 11.6 Å². The van der Waals surface area contributed by atoms with E-state index in [-0.39, 0.29) is 0 Å². The number of hydrogen-bond acceptors (Lipinski definition) is 4. The molecule has 0 saturated heterocycles. The van der Waals surface area contributed by atoms with Crippen molar-refractivity contribution >= 4 is 17.3 Å². The van der Waals surface area contributed by atoms with Crippen LogP contribution in [0, 0.1) is 0 Å². The van der Waals surface area contributed by atoms with Crippen LogP contribution in [0.4, 0.5) is 0 Å². The number of benzene rings is 1. The predicted octanol–water partition coefficient (Wildman–Crippen LogP) is 2.70.